The van der Waals surface area contributed by atoms with Gasteiger partial charge >= 0.3 is 0 Å². The van der Waals surface area contributed by atoms with Crippen molar-refractivity contribution in [3.63, 3.8) is 0 Å². The second kappa shape index (κ2) is 3.79. The van der Waals surface area contributed by atoms with Gasteiger partial charge in [-0.25, -0.2) is 4.98 Å². The number of fused-ring (bicyclic) bond motifs is 1. The third kappa shape index (κ3) is 1.82. The Labute approximate surface area is 92.1 Å². The first-order valence-corrected chi connectivity index (χ1v) is 5.97. The lowest BCUT2D eigenvalue weighted by molar-refractivity contribution is 0.195. The quantitative estimate of drug-likeness (QED) is 0.844. The zero-order valence-electron chi connectivity index (χ0n) is 8.27. The number of thiazole rings is 1. The van der Waals surface area contributed by atoms with Crippen LogP contribution in [0.25, 0.3) is 10.2 Å². The molecule has 0 spiro atoms. The second-order valence-corrected chi connectivity index (χ2v) is 4.63. The zero-order valence-corrected chi connectivity index (χ0v) is 9.09. The molecule has 0 bridgehead atoms. The van der Waals surface area contributed by atoms with Gasteiger partial charge in [0.2, 0.25) is 0 Å². The summed E-state index contributed by atoms with van der Waals surface area (Å²) in [5.41, 5.74) is 4.13. The number of aromatic nitrogens is 1. The normalized spacial score (nSPS) is 20.9. The minimum absolute atomic E-state index is 0.468. The maximum absolute atomic E-state index is 5.33. The maximum atomic E-state index is 5.33. The molecule has 15 heavy (non-hydrogen) atoms. The lowest BCUT2D eigenvalue weighted by Gasteiger charge is -2.11. The van der Waals surface area contributed by atoms with Crippen molar-refractivity contribution in [3.05, 3.63) is 23.7 Å². The SMILES string of the molecule is c1nc2ccc(NC3CCOC3)cc2s1. The van der Waals surface area contributed by atoms with E-state index >= 15 is 0 Å². The molecular weight excluding hydrogens is 208 g/mol. The molecule has 1 atom stereocenters. The predicted octanol–water partition coefficient (Wildman–Crippen LogP) is 2.50. The Morgan fingerprint density at radius 3 is 3.33 bits per heavy atom. The lowest BCUT2D eigenvalue weighted by Crippen LogP contribution is -2.18. The van der Waals surface area contributed by atoms with E-state index in [-0.39, 0.29) is 0 Å². The molecule has 0 amide bonds. The molecule has 1 aliphatic heterocycles. The first-order chi connectivity index (χ1) is 7.42. The topological polar surface area (TPSA) is 34.2 Å². The maximum Gasteiger partial charge on any atom is 0.0813 e. The van der Waals surface area contributed by atoms with Gasteiger partial charge in [-0.3, -0.25) is 0 Å². The molecule has 3 nitrogen and oxygen atoms in total. The lowest BCUT2D eigenvalue weighted by atomic mass is 10.2. The van der Waals surface area contributed by atoms with Crippen LogP contribution in [-0.4, -0.2) is 24.2 Å². The molecule has 1 fully saturated rings. The molecule has 1 N–H and O–H groups in total. The van der Waals surface area contributed by atoms with Gasteiger partial charge < -0.3 is 10.1 Å². The van der Waals surface area contributed by atoms with Gasteiger partial charge in [0.05, 0.1) is 28.4 Å². The Balaban J connectivity index is 1.84. The summed E-state index contributed by atoms with van der Waals surface area (Å²) in [5, 5.41) is 3.48. The number of ether oxygens (including phenoxy) is 1. The van der Waals surface area contributed by atoms with E-state index in [2.05, 4.69) is 28.5 Å². The highest BCUT2D eigenvalue weighted by molar-refractivity contribution is 7.16. The summed E-state index contributed by atoms with van der Waals surface area (Å²) in [4.78, 5) is 4.26. The Bertz CT molecular complexity index is 462. The molecule has 2 aromatic rings. The van der Waals surface area contributed by atoms with Crippen LogP contribution in [0.1, 0.15) is 6.42 Å². The molecule has 0 radical (unpaired) electrons. The highest BCUT2D eigenvalue weighted by atomic mass is 32.1. The number of anilines is 1. The highest BCUT2D eigenvalue weighted by Gasteiger charge is 2.14. The van der Waals surface area contributed by atoms with Gasteiger partial charge in [-0.2, -0.15) is 0 Å². The minimum atomic E-state index is 0.468. The van der Waals surface area contributed by atoms with Gasteiger partial charge in [-0.05, 0) is 24.6 Å². The fourth-order valence-electron chi connectivity index (χ4n) is 1.83. The molecule has 0 saturated carbocycles. The largest absolute Gasteiger partial charge is 0.380 e. The van der Waals surface area contributed by atoms with Crippen LogP contribution in [0.2, 0.25) is 0 Å². The molecule has 3 rings (SSSR count). The van der Waals surface area contributed by atoms with Gasteiger partial charge in [0.1, 0.15) is 0 Å². The van der Waals surface area contributed by atoms with E-state index in [4.69, 9.17) is 4.74 Å². The summed E-state index contributed by atoms with van der Waals surface area (Å²) in [7, 11) is 0. The van der Waals surface area contributed by atoms with Crippen LogP contribution in [-0.2, 0) is 4.74 Å². The van der Waals surface area contributed by atoms with Crippen LogP contribution >= 0.6 is 11.3 Å². The van der Waals surface area contributed by atoms with E-state index in [1.54, 1.807) is 11.3 Å². The van der Waals surface area contributed by atoms with Crippen molar-refractivity contribution in [2.24, 2.45) is 0 Å². The van der Waals surface area contributed by atoms with Gasteiger partial charge in [-0.15, -0.1) is 11.3 Å². The summed E-state index contributed by atoms with van der Waals surface area (Å²) in [5.74, 6) is 0. The van der Waals surface area contributed by atoms with Crippen LogP contribution in [0.15, 0.2) is 23.7 Å². The summed E-state index contributed by atoms with van der Waals surface area (Å²) in [6, 6.07) is 6.77. The molecule has 78 valence electrons. The van der Waals surface area contributed by atoms with Crippen molar-refractivity contribution < 1.29 is 4.74 Å². The molecule has 4 heteroatoms. The Morgan fingerprint density at radius 2 is 2.47 bits per heavy atom. The number of hydrogen-bond donors (Lipinski definition) is 1. The summed E-state index contributed by atoms with van der Waals surface area (Å²) < 4.78 is 6.56. The summed E-state index contributed by atoms with van der Waals surface area (Å²) >= 11 is 1.68. The van der Waals surface area contributed by atoms with Crippen molar-refractivity contribution in [1.82, 2.24) is 4.98 Å². The third-order valence-electron chi connectivity index (χ3n) is 2.63. The van der Waals surface area contributed by atoms with Crippen LogP contribution in [0, 0.1) is 0 Å². The number of hydrogen-bond acceptors (Lipinski definition) is 4. The van der Waals surface area contributed by atoms with Crippen molar-refractivity contribution >= 4 is 27.2 Å². The Hall–Kier alpha value is -1.13. The van der Waals surface area contributed by atoms with Crippen molar-refractivity contribution in [3.8, 4) is 0 Å². The standard InChI is InChI=1S/C11H12N2OS/c1-2-10-11(15-7-12-10)5-8(1)13-9-3-4-14-6-9/h1-2,5,7,9,13H,3-4,6H2. The van der Waals surface area contributed by atoms with Crippen molar-refractivity contribution in [2.75, 3.05) is 18.5 Å². The molecule has 0 aliphatic carbocycles. The summed E-state index contributed by atoms with van der Waals surface area (Å²) in [6.45, 7) is 1.70. The number of rotatable bonds is 2. The van der Waals surface area contributed by atoms with Crippen molar-refractivity contribution in [1.29, 1.82) is 0 Å². The molecular formula is C11H12N2OS. The van der Waals surface area contributed by atoms with E-state index < -0.39 is 0 Å². The number of benzene rings is 1. The first-order valence-electron chi connectivity index (χ1n) is 5.09. The van der Waals surface area contributed by atoms with Crippen LogP contribution in [0.4, 0.5) is 5.69 Å². The minimum Gasteiger partial charge on any atom is -0.380 e. The summed E-state index contributed by atoms with van der Waals surface area (Å²) in [6.07, 6.45) is 1.10. The highest BCUT2D eigenvalue weighted by Crippen LogP contribution is 2.23. The van der Waals surface area contributed by atoms with E-state index in [0.29, 0.717) is 6.04 Å². The fourth-order valence-corrected chi connectivity index (χ4v) is 2.55. The zero-order chi connectivity index (χ0) is 10.1. The Morgan fingerprint density at radius 1 is 1.47 bits per heavy atom. The molecule has 1 saturated heterocycles. The third-order valence-corrected chi connectivity index (χ3v) is 3.42. The number of nitrogens with zero attached hydrogens (tertiary/aromatic N) is 1. The second-order valence-electron chi connectivity index (χ2n) is 3.74. The fraction of sp³-hybridized carbons (Fsp3) is 0.364. The van der Waals surface area contributed by atoms with Crippen LogP contribution in [0.5, 0.6) is 0 Å². The van der Waals surface area contributed by atoms with E-state index in [0.717, 1.165) is 25.2 Å². The predicted molar refractivity (Wildman–Crippen MR) is 62.5 cm³/mol. The van der Waals surface area contributed by atoms with Gasteiger partial charge in [0.25, 0.3) is 0 Å². The molecule has 1 aromatic carbocycles. The number of nitrogens with one attached hydrogen (secondary N) is 1. The van der Waals surface area contributed by atoms with Crippen LogP contribution in [0.3, 0.4) is 0 Å². The van der Waals surface area contributed by atoms with Crippen LogP contribution < -0.4 is 5.32 Å². The van der Waals surface area contributed by atoms with E-state index in [9.17, 15) is 0 Å². The average Bonchev–Trinajstić information content (AvgIpc) is 2.87. The first kappa shape index (κ1) is 9.12. The Kier molecular flexibility index (Phi) is 2.31. The molecule has 1 aliphatic rings. The van der Waals surface area contributed by atoms with E-state index in [1.807, 2.05) is 5.51 Å². The van der Waals surface area contributed by atoms with E-state index in [1.165, 1.54) is 10.4 Å². The van der Waals surface area contributed by atoms with Crippen molar-refractivity contribution in [2.45, 2.75) is 12.5 Å². The molecule has 2 heterocycles. The monoisotopic (exact) mass is 220 g/mol. The van der Waals surface area contributed by atoms with Gasteiger partial charge in [0.15, 0.2) is 0 Å². The van der Waals surface area contributed by atoms with Gasteiger partial charge in [-0.1, -0.05) is 0 Å². The average molecular weight is 220 g/mol. The molecule has 1 aromatic heterocycles. The van der Waals surface area contributed by atoms with Gasteiger partial charge in [0, 0.05) is 12.3 Å². The molecule has 1 unspecified atom stereocenters. The smallest absolute Gasteiger partial charge is 0.0813 e.